The van der Waals surface area contributed by atoms with E-state index in [-0.39, 0.29) is 34.4 Å². The lowest BCUT2D eigenvalue weighted by Gasteiger charge is -2.31. The fourth-order valence-electron chi connectivity index (χ4n) is 3.05. The summed E-state index contributed by atoms with van der Waals surface area (Å²) in [5.74, 6) is -0.209. The standard InChI is InChI=1S/C17H19ClN6O4/c1-2-28-17(25)11-5-8-23(9-6-11)16-13(24(26)27)15(20-10-21-16)22-12-4-3-7-19-14(12)18/h3-4,7,10-11H,2,5-6,8-9H2,1H3,(H,20,21,22). The first-order valence-corrected chi connectivity index (χ1v) is 9.17. The summed E-state index contributed by atoms with van der Waals surface area (Å²) in [5, 5.41) is 14.8. The number of rotatable bonds is 6. The number of nitrogens with zero attached hydrogens (tertiary/aromatic N) is 5. The average Bonchev–Trinajstić information content (AvgIpc) is 2.69. The van der Waals surface area contributed by atoms with Crippen molar-refractivity contribution in [3.05, 3.63) is 39.9 Å². The molecular weight excluding hydrogens is 388 g/mol. The molecule has 1 fully saturated rings. The van der Waals surface area contributed by atoms with E-state index < -0.39 is 4.92 Å². The van der Waals surface area contributed by atoms with E-state index in [4.69, 9.17) is 16.3 Å². The third kappa shape index (κ3) is 4.28. The summed E-state index contributed by atoms with van der Waals surface area (Å²) in [6.07, 6.45) is 3.85. The molecule has 2 aromatic rings. The van der Waals surface area contributed by atoms with Gasteiger partial charge >= 0.3 is 11.7 Å². The number of esters is 1. The number of carbonyl (C=O) groups excluding carboxylic acids is 1. The second-order valence-electron chi connectivity index (χ2n) is 6.13. The third-order valence-electron chi connectivity index (χ3n) is 4.41. The number of carbonyl (C=O) groups is 1. The van der Waals surface area contributed by atoms with E-state index in [2.05, 4.69) is 20.3 Å². The number of hydrogen-bond donors (Lipinski definition) is 1. The minimum atomic E-state index is -0.528. The zero-order chi connectivity index (χ0) is 20.1. The van der Waals surface area contributed by atoms with Crippen molar-refractivity contribution >= 4 is 40.6 Å². The Morgan fingerprint density at radius 3 is 2.79 bits per heavy atom. The van der Waals surface area contributed by atoms with Gasteiger partial charge < -0.3 is 15.0 Å². The molecular formula is C17H19ClN6O4. The van der Waals surface area contributed by atoms with Gasteiger partial charge in [0.15, 0.2) is 5.15 Å². The predicted octanol–water partition coefficient (Wildman–Crippen LogP) is 2.96. The highest BCUT2D eigenvalue weighted by molar-refractivity contribution is 6.32. The summed E-state index contributed by atoms with van der Waals surface area (Å²) in [6.45, 7) is 3.01. The number of pyridine rings is 1. The Morgan fingerprint density at radius 1 is 1.39 bits per heavy atom. The van der Waals surface area contributed by atoms with Gasteiger partial charge in [-0.1, -0.05) is 11.6 Å². The Hall–Kier alpha value is -3.01. The van der Waals surface area contributed by atoms with Crippen LogP contribution >= 0.6 is 11.6 Å². The molecule has 0 aromatic carbocycles. The lowest BCUT2D eigenvalue weighted by molar-refractivity contribution is -0.383. The van der Waals surface area contributed by atoms with Crippen LogP contribution in [0.5, 0.6) is 0 Å². The molecule has 0 unspecified atom stereocenters. The molecule has 11 heteroatoms. The van der Waals surface area contributed by atoms with Crippen LogP contribution in [0.25, 0.3) is 0 Å². The van der Waals surface area contributed by atoms with Gasteiger partial charge in [0.1, 0.15) is 6.33 Å². The summed E-state index contributed by atoms with van der Waals surface area (Å²) >= 11 is 6.02. The quantitative estimate of drug-likeness (QED) is 0.333. The summed E-state index contributed by atoms with van der Waals surface area (Å²) in [7, 11) is 0. The van der Waals surface area contributed by atoms with E-state index in [1.165, 1.54) is 12.5 Å². The van der Waals surface area contributed by atoms with Crippen molar-refractivity contribution in [3.63, 3.8) is 0 Å². The maximum Gasteiger partial charge on any atom is 0.353 e. The number of halogens is 1. The Balaban J connectivity index is 1.83. The molecule has 0 aliphatic carbocycles. The van der Waals surface area contributed by atoms with Crippen LogP contribution in [0.2, 0.25) is 5.15 Å². The third-order valence-corrected chi connectivity index (χ3v) is 4.71. The minimum absolute atomic E-state index is 0.0254. The van der Waals surface area contributed by atoms with Gasteiger partial charge in [-0.3, -0.25) is 14.9 Å². The molecule has 1 N–H and O–H groups in total. The lowest BCUT2D eigenvalue weighted by atomic mass is 9.97. The van der Waals surface area contributed by atoms with Crippen molar-refractivity contribution in [2.75, 3.05) is 29.9 Å². The van der Waals surface area contributed by atoms with E-state index in [1.807, 2.05) is 0 Å². The SMILES string of the molecule is CCOC(=O)C1CCN(c2ncnc(Nc3cccnc3Cl)c2[N+](=O)[O-])CC1. The Bertz CT molecular complexity index is 872. The highest BCUT2D eigenvalue weighted by Gasteiger charge is 2.32. The van der Waals surface area contributed by atoms with Crippen LogP contribution < -0.4 is 10.2 Å². The molecule has 148 valence electrons. The van der Waals surface area contributed by atoms with E-state index >= 15 is 0 Å². The highest BCUT2D eigenvalue weighted by Crippen LogP contribution is 2.36. The van der Waals surface area contributed by atoms with Crippen molar-refractivity contribution < 1.29 is 14.5 Å². The highest BCUT2D eigenvalue weighted by atomic mass is 35.5. The summed E-state index contributed by atoms with van der Waals surface area (Å²) in [5.41, 5.74) is 0.148. The average molecular weight is 407 g/mol. The van der Waals surface area contributed by atoms with Crippen LogP contribution in [0.15, 0.2) is 24.7 Å². The van der Waals surface area contributed by atoms with Gasteiger partial charge in [0.05, 0.1) is 23.1 Å². The van der Waals surface area contributed by atoms with Crippen molar-refractivity contribution in [1.82, 2.24) is 15.0 Å². The van der Waals surface area contributed by atoms with Gasteiger partial charge in [-0.2, -0.15) is 0 Å². The molecule has 2 aromatic heterocycles. The molecule has 0 amide bonds. The molecule has 1 aliphatic heterocycles. The first kappa shape index (κ1) is 19.7. The van der Waals surface area contributed by atoms with Gasteiger partial charge in [-0.15, -0.1) is 0 Å². The monoisotopic (exact) mass is 406 g/mol. The molecule has 0 spiro atoms. The maximum absolute atomic E-state index is 11.9. The van der Waals surface area contributed by atoms with Crippen molar-refractivity contribution in [1.29, 1.82) is 0 Å². The topological polar surface area (TPSA) is 123 Å². The smallest absolute Gasteiger partial charge is 0.353 e. The maximum atomic E-state index is 11.9. The molecule has 0 bridgehead atoms. The molecule has 0 radical (unpaired) electrons. The van der Waals surface area contributed by atoms with Gasteiger partial charge in [0.25, 0.3) is 0 Å². The van der Waals surface area contributed by atoms with Crippen LogP contribution in [0.4, 0.5) is 23.0 Å². The fraction of sp³-hybridized carbons (Fsp3) is 0.412. The molecule has 3 rings (SSSR count). The number of nitro groups is 1. The van der Waals surface area contributed by atoms with E-state index in [0.29, 0.717) is 38.2 Å². The second kappa shape index (κ2) is 8.79. The largest absolute Gasteiger partial charge is 0.466 e. The predicted molar refractivity (Wildman–Crippen MR) is 103 cm³/mol. The Kier molecular flexibility index (Phi) is 6.19. The molecule has 28 heavy (non-hydrogen) atoms. The van der Waals surface area contributed by atoms with Crippen LogP contribution in [0.3, 0.4) is 0 Å². The molecule has 3 heterocycles. The van der Waals surface area contributed by atoms with Crippen LogP contribution in [0.1, 0.15) is 19.8 Å². The Labute approximate surface area is 166 Å². The fourth-order valence-corrected chi connectivity index (χ4v) is 3.22. The number of hydrogen-bond acceptors (Lipinski definition) is 9. The zero-order valence-corrected chi connectivity index (χ0v) is 15.9. The van der Waals surface area contributed by atoms with E-state index in [1.54, 1.807) is 24.0 Å². The van der Waals surface area contributed by atoms with Gasteiger partial charge in [-0.05, 0) is 31.9 Å². The van der Waals surface area contributed by atoms with Gasteiger partial charge in [0, 0.05) is 19.3 Å². The molecule has 0 saturated carbocycles. The molecule has 0 atom stereocenters. The number of anilines is 3. The Morgan fingerprint density at radius 2 is 2.14 bits per heavy atom. The molecule has 10 nitrogen and oxygen atoms in total. The summed E-state index contributed by atoms with van der Waals surface area (Å²) < 4.78 is 5.06. The van der Waals surface area contributed by atoms with Gasteiger partial charge in [0.2, 0.25) is 11.6 Å². The first-order valence-electron chi connectivity index (χ1n) is 8.79. The minimum Gasteiger partial charge on any atom is -0.466 e. The van der Waals surface area contributed by atoms with Crippen molar-refractivity contribution in [2.45, 2.75) is 19.8 Å². The lowest BCUT2D eigenvalue weighted by Crippen LogP contribution is -2.37. The normalized spacial score (nSPS) is 14.6. The van der Waals surface area contributed by atoms with Crippen LogP contribution in [-0.4, -0.2) is 45.5 Å². The van der Waals surface area contributed by atoms with E-state index in [9.17, 15) is 14.9 Å². The number of nitrogens with one attached hydrogen (secondary N) is 1. The summed E-state index contributed by atoms with van der Waals surface area (Å²) in [6, 6.07) is 3.30. The first-order chi connectivity index (χ1) is 13.5. The second-order valence-corrected chi connectivity index (χ2v) is 6.49. The van der Waals surface area contributed by atoms with Crippen LogP contribution in [-0.2, 0) is 9.53 Å². The molecule has 1 aliphatic rings. The van der Waals surface area contributed by atoms with Crippen molar-refractivity contribution in [2.24, 2.45) is 5.92 Å². The van der Waals surface area contributed by atoms with Crippen LogP contribution in [0, 0.1) is 16.0 Å². The molecule has 1 saturated heterocycles. The zero-order valence-electron chi connectivity index (χ0n) is 15.2. The number of piperidine rings is 1. The van der Waals surface area contributed by atoms with E-state index in [0.717, 1.165) is 0 Å². The number of ether oxygens (including phenoxy) is 1. The summed E-state index contributed by atoms with van der Waals surface area (Å²) in [4.78, 5) is 37.0. The van der Waals surface area contributed by atoms with Gasteiger partial charge in [-0.25, -0.2) is 15.0 Å². The number of aromatic nitrogens is 3. The van der Waals surface area contributed by atoms with Crippen molar-refractivity contribution in [3.8, 4) is 0 Å².